The fourth-order valence-corrected chi connectivity index (χ4v) is 3.05. The summed E-state index contributed by atoms with van der Waals surface area (Å²) in [6.07, 6.45) is 1.46. The summed E-state index contributed by atoms with van der Waals surface area (Å²) in [5.41, 5.74) is 1.09. The Kier molecular flexibility index (Phi) is 8.79. The van der Waals surface area contributed by atoms with Crippen molar-refractivity contribution >= 4 is 24.2 Å². The molecule has 1 unspecified atom stereocenters. The summed E-state index contributed by atoms with van der Waals surface area (Å²) in [4.78, 5) is 27.8. The molecule has 1 aromatic rings. The Morgan fingerprint density at radius 3 is 2.62 bits per heavy atom. The Morgan fingerprint density at radius 2 is 2.00 bits per heavy atom. The maximum absolute atomic E-state index is 12.3. The Bertz CT molecular complexity index is 524. The zero-order chi connectivity index (χ0) is 16.7. The molecule has 0 aromatic heterocycles. The van der Waals surface area contributed by atoms with Crippen LogP contribution in [0.1, 0.15) is 25.3 Å². The second-order valence-corrected chi connectivity index (χ2v) is 6.23. The molecule has 2 rings (SSSR count). The van der Waals surface area contributed by atoms with Gasteiger partial charge in [-0.25, -0.2) is 0 Å². The Morgan fingerprint density at radius 1 is 1.29 bits per heavy atom. The van der Waals surface area contributed by atoms with Crippen molar-refractivity contribution in [3.05, 3.63) is 35.9 Å². The average molecular weight is 354 g/mol. The predicted octanol–water partition coefficient (Wildman–Crippen LogP) is 1.91. The maximum Gasteiger partial charge on any atom is 0.224 e. The molecule has 2 amide bonds. The fraction of sp³-hybridized carbons (Fsp3) is 0.556. The molecule has 24 heavy (non-hydrogen) atoms. The van der Waals surface area contributed by atoms with E-state index >= 15 is 0 Å². The van der Waals surface area contributed by atoms with Crippen LogP contribution >= 0.6 is 12.4 Å². The van der Waals surface area contributed by atoms with Crippen LogP contribution < -0.4 is 5.32 Å². The van der Waals surface area contributed by atoms with Gasteiger partial charge in [0, 0.05) is 39.5 Å². The first-order valence-electron chi connectivity index (χ1n) is 8.32. The predicted molar refractivity (Wildman–Crippen MR) is 98.0 cm³/mol. The summed E-state index contributed by atoms with van der Waals surface area (Å²) < 4.78 is 0. The largest absolute Gasteiger partial charge is 0.342 e. The molecule has 0 spiro atoms. The smallest absolute Gasteiger partial charge is 0.224 e. The normalized spacial score (nSPS) is 16.6. The Balaban J connectivity index is 0.00000288. The van der Waals surface area contributed by atoms with Gasteiger partial charge in [0.2, 0.25) is 11.8 Å². The molecule has 134 valence electrons. The molecule has 0 saturated carbocycles. The first kappa shape index (κ1) is 20.5. The van der Waals surface area contributed by atoms with E-state index in [9.17, 15) is 9.59 Å². The van der Waals surface area contributed by atoms with Crippen molar-refractivity contribution in [2.24, 2.45) is 5.92 Å². The number of carbonyl (C=O) groups is 2. The monoisotopic (exact) mass is 353 g/mol. The molecule has 1 aliphatic heterocycles. The van der Waals surface area contributed by atoms with Gasteiger partial charge in [0.25, 0.3) is 0 Å². The number of benzene rings is 1. The van der Waals surface area contributed by atoms with Crippen LogP contribution in [-0.2, 0) is 16.1 Å². The maximum atomic E-state index is 12.3. The minimum Gasteiger partial charge on any atom is -0.342 e. The summed E-state index contributed by atoms with van der Waals surface area (Å²) in [7, 11) is 1.94. The lowest BCUT2D eigenvalue weighted by atomic mass is 10.1. The third-order valence-corrected chi connectivity index (χ3v) is 4.39. The number of amides is 2. The highest BCUT2D eigenvalue weighted by Gasteiger charge is 2.25. The number of nitrogens with zero attached hydrogens (tertiary/aromatic N) is 2. The molecule has 1 aliphatic rings. The number of hydrogen-bond acceptors (Lipinski definition) is 3. The Labute approximate surface area is 150 Å². The molecule has 1 fully saturated rings. The van der Waals surface area contributed by atoms with Crippen LogP contribution in [0.25, 0.3) is 0 Å². The van der Waals surface area contributed by atoms with Crippen LogP contribution in [0.2, 0.25) is 0 Å². The molecule has 5 nitrogen and oxygen atoms in total. The lowest BCUT2D eigenvalue weighted by Gasteiger charge is -2.23. The number of halogens is 1. The van der Waals surface area contributed by atoms with Gasteiger partial charge in [-0.15, -0.1) is 12.4 Å². The van der Waals surface area contributed by atoms with Crippen molar-refractivity contribution in [1.82, 2.24) is 15.1 Å². The number of nitrogens with one attached hydrogen (secondary N) is 1. The van der Waals surface area contributed by atoms with Gasteiger partial charge in [0.1, 0.15) is 0 Å². The minimum atomic E-state index is 0. The number of carbonyl (C=O) groups excluding carboxylic acids is 2. The molecule has 0 bridgehead atoms. The molecule has 0 radical (unpaired) electrons. The van der Waals surface area contributed by atoms with Crippen molar-refractivity contribution in [3.8, 4) is 0 Å². The first-order valence-corrected chi connectivity index (χ1v) is 8.32. The zero-order valence-electron chi connectivity index (χ0n) is 14.5. The molecule has 1 atom stereocenters. The lowest BCUT2D eigenvalue weighted by molar-refractivity contribution is -0.133. The second kappa shape index (κ2) is 10.3. The molecule has 1 heterocycles. The molecule has 0 aliphatic carbocycles. The number of likely N-dealkylation sites (tertiary alicyclic amines) is 1. The molecule has 1 saturated heterocycles. The minimum absolute atomic E-state index is 0. The van der Waals surface area contributed by atoms with E-state index in [0.29, 0.717) is 25.4 Å². The SMILES string of the molecule is CNCC1CCN(C(=O)CCN(Cc2ccccc2)C(C)=O)C1.Cl. The van der Waals surface area contributed by atoms with E-state index in [1.165, 1.54) is 0 Å². The van der Waals surface area contributed by atoms with E-state index in [-0.39, 0.29) is 24.2 Å². The van der Waals surface area contributed by atoms with E-state index in [2.05, 4.69) is 5.32 Å². The lowest BCUT2D eigenvalue weighted by Crippen LogP contribution is -2.35. The fourth-order valence-electron chi connectivity index (χ4n) is 3.05. The summed E-state index contributed by atoms with van der Waals surface area (Å²) in [6.45, 7) is 5.23. The van der Waals surface area contributed by atoms with Gasteiger partial charge < -0.3 is 15.1 Å². The molecule has 1 N–H and O–H groups in total. The van der Waals surface area contributed by atoms with Crippen LogP contribution in [-0.4, -0.2) is 54.8 Å². The van der Waals surface area contributed by atoms with Crippen molar-refractivity contribution in [1.29, 1.82) is 0 Å². The highest BCUT2D eigenvalue weighted by Crippen LogP contribution is 2.16. The molecular weight excluding hydrogens is 326 g/mol. The van der Waals surface area contributed by atoms with Gasteiger partial charge >= 0.3 is 0 Å². The second-order valence-electron chi connectivity index (χ2n) is 6.23. The van der Waals surface area contributed by atoms with Crippen LogP contribution in [0.3, 0.4) is 0 Å². The first-order chi connectivity index (χ1) is 11.1. The highest BCUT2D eigenvalue weighted by molar-refractivity contribution is 5.85. The Hall–Kier alpha value is -1.59. The van der Waals surface area contributed by atoms with E-state index in [4.69, 9.17) is 0 Å². The summed E-state index contributed by atoms with van der Waals surface area (Å²) in [6, 6.07) is 9.89. The van der Waals surface area contributed by atoms with Crippen molar-refractivity contribution < 1.29 is 9.59 Å². The van der Waals surface area contributed by atoms with Crippen molar-refractivity contribution in [3.63, 3.8) is 0 Å². The van der Waals surface area contributed by atoms with Gasteiger partial charge in [-0.2, -0.15) is 0 Å². The summed E-state index contributed by atoms with van der Waals surface area (Å²) in [5, 5.41) is 3.17. The van der Waals surface area contributed by atoms with Gasteiger partial charge in [-0.05, 0) is 31.5 Å². The van der Waals surface area contributed by atoms with Crippen molar-refractivity contribution in [2.75, 3.05) is 33.2 Å². The molecule has 1 aromatic carbocycles. The number of hydrogen-bond donors (Lipinski definition) is 1. The van der Waals surface area contributed by atoms with Crippen molar-refractivity contribution in [2.45, 2.75) is 26.3 Å². The van der Waals surface area contributed by atoms with Crippen LogP contribution in [0.5, 0.6) is 0 Å². The summed E-state index contributed by atoms with van der Waals surface area (Å²) >= 11 is 0. The van der Waals surface area contributed by atoms with E-state index in [1.54, 1.807) is 11.8 Å². The van der Waals surface area contributed by atoms with E-state index in [0.717, 1.165) is 31.6 Å². The average Bonchev–Trinajstić information content (AvgIpc) is 3.01. The third kappa shape index (κ3) is 6.13. The summed E-state index contributed by atoms with van der Waals surface area (Å²) in [5.74, 6) is 0.719. The topological polar surface area (TPSA) is 52.7 Å². The van der Waals surface area contributed by atoms with Crippen LogP contribution in [0.4, 0.5) is 0 Å². The van der Waals surface area contributed by atoms with Gasteiger partial charge in [-0.3, -0.25) is 9.59 Å². The zero-order valence-corrected chi connectivity index (χ0v) is 15.3. The standard InChI is InChI=1S/C18H27N3O2.ClH/c1-15(22)20(13-16-6-4-3-5-7-16)11-9-18(23)21-10-8-17(14-21)12-19-2;/h3-7,17,19H,8-14H2,1-2H3;1H. The van der Waals surface area contributed by atoms with Crippen LogP contribution in [0.15, 0.2) is 30.3 Å². The third-order valence-electron chi connectivity index (χ3n) is 4.39. The van der Waals surface area contributed by atoms with Gasteiger partial charge in [0.15, 0.2) is 0 Å². The van der Waals surface area contributed by atoms with Crippen LogP contribution in [0, 0.1) is 5.92 Å². The van der Waals surface area contributed by atoms with Gasteiger partial charge in [0.05, 0.1) is 0 Å². The van der Waals surface area contributed by atoms with Gasteiger partial charge in [-0.1, -0.05) is 30.3 Å². The highest BCUT2D eigenvalue weighted by atomic mass is 35.5. The molecule has 6 heteroatoms. The quantitative estimate of drug-likeness (QED) is 0.814. The number of rotatable bonds is 7. The van der Waals surface area contributed by atoms with E-state index in [1.807, 2.05) is 42.3 Å². The molecular formula is C18H28ClN3O2. The van der Waals surface area contributed by atoms with E-state index < -0.39 is 0 Å².